The summed E-state index contributed by atoms with van der Waals surface area (Å²) in [5, 5.41) is 0. The fraction of sp³-hybridized carbons (Fsp3) is 0.333. The summed E-state index contributed by atoms with van der Waals surface area (Å²) in [5.74, 6) is 0.883. The van der Waals surface area contributed by atoms with Gasteiger partial charge in [-0.2, -0.15) is 0 Å². The SMILES string of the molecule is CN(Cc1ccccc1)C(=O)C1C=NSC1. The third kappa shape index (κ3) is 2.64. The molecular weight excluding hydrogens is 220 g/mol. The molecule has 1 atom stereocenters. The average Bonchev–Trinajstić information content (AvgIpc) is 2.83. The second kappa shape index (κ2) is 5.16. The summed E-state index contributed by atoms with van der Waals surface area (Å²) in [6.07, 6.45) is 1.74. The maximum Gasteiger partial charge on any atom is 0.232 e. The third-order valence-corrected chi connectivity index (χ3v) is 3.30. The first-order valence-electron chi connectivity index (χ1n) is 5.22. The molecule has 3 nitrogen and oxygen atoms in total. The first kappa shape index (κ1) is 11.2. The minimum Gasteiger partial charge on any atom is -0.341 e. The number of carbonyl (C=O) groups is 1. The van der Waals surface area contributed by atoms with Gasteiger partial charge >= 0.3 is 0 Å². The van der Waals surface area contributed by atoms with Crippen molar-refractivity contribution < 1.29 is 4.79 Å². The van der Waals surface area contributed by atoms with Crippen LogP contribution in [-0.4, -0.2) is 29.8 Å². The minimum atomic E-state index is -0.0429. The van der Waals surface area contributed by atoms with E-state index in [0.717, 1.165) is 11.3 Å². The molecule has 0 saturated carbocycles. The third-order valence-electron chi connectivity index (χ3n) is 2.53. The highest BCUT2D eigenvalue weighted by atomic mass is 32.2. The standard InChI is InChI=1S/C12H14N2OS/c1-14(8-10-5-3-2-4-6-10)12(15)11-7-13-16-9-11/h2-7,11H,8-9H2,1H3. The number of benzene rings is 1. The van der Waals surface area contributed by atoms with Gasteiger partial charge in [0.25, 0.3) is 0 Å². The van der Waals surface area contributed by atoms with Crippen LogP contribution in [0.5, 0.6) is 0 Å². The lowest BCUT2D eigenvalue weighted by Crippen LogP contribution is -2.33. The van der Waals surface area contributed by atoms with Gasteiger partial charge in [-0.05, 0) is 17.5 Å². The van der Waals surface area contributed by atoms with Crippen molar-refractivity contribution in [1.82, 2.24) is 4.90 Å². The lowest BCUT2D eigenvalue weighted by molar-refractivity contribution is -0.131. The van der Waals surface area contributed by atoms with E-state index in [1.165, 1.54) is 11.9 Å². The van der Waals surface area contributed by atoms with E-state index in [1.807, 2.05) is 37.4 Å². The van der Waals surface area contributed by atoms with Crippen molar-refractivity contribution in [2.24, 2.45) is 10.3 Å². The second-order valence-electron chi connectivity index (χ2n) is 3.84. The van der Waals surface area contributed by atoms with E-state index >= 15 is 0 Å². The van der Waals surface area contributed by atoms with Crippen LogP contribution in [0.3, 0.4) is 0 Å². The van der Waals surface area contributed by atoms with Gasteiger partial charge in [-0.25, -0.2) is 4.40 Å². The molecule has 0 spiro atoms. The van der Waals surface area contributed by atoms with Crippen molar-refractivity contribution in [2.45, 2.75) is 6.54 Å². The summed E-state index contributed by atoms with van der Waals surface area (Å²) in [7, 11) is 1.84. The summed E-state index contributed by atoms with van der Waals surface area (Å²) in [6.45, 7) is 0.661. The Bertz CT molecular complexity index is 391. The molecule has 4 heteroatoms. The van der Waals surface area contributed by atoms with Gasteiger partial charge < -0.3 is 4.90 Å². The number of hydrogen-bond donors (Lipinski definition) is 0. The molecule has 0 saturated heterocycles. The first-order chi connectivity index (χ1) is 7.77. The molecule has 0 radical (unpaired) electrons. The van der Waals surface area contributed by atoms with Crippen molar-refractivity contribution in [3.63, 3.8) is 0 Å². The molecule has 1 amide bonds. The fourth-order valence-electron chi connectivity index (χ4n) is 1.64. The van der Waals surface area contributed by atoms with Crippen molar-refractivity contribution in [3.8, 4) is 0 Å². The van der Waals surface area contributed by atoms with Crippen LogP contribution in [0.15, 0.2) is 34.7 Å². The zero-order valence-electron chi connectivity index (χ0n) is 9.17. The van der Waals surface area contributed by atoms with Gasteiger partial charge in [0.2, 0.25) is 5.91 Å². The fourth-order valence-corrected chi connectivity index (χ4v) is 2.34. The average molecular weight is 234 g/mol. The smallest absolute Gasteiger partial charge is 0.232 e. The van der Waals surface area contributed by atoms with Crippen molar-refractivity contribution in [2.75, 3.05) is 12.8 Å². The lowest BCUT2D eigenvalue weighted by Gasteiger charge is -2.19. The molecule has 84 valence electrons. The second-order valence-corrected chi connectivity index (χ2v) is 4.64. The van der Waals surface area contributed by atoms with Gasteiger partial charge in [0.05, 0.1) is 5.92 Å². The molecule has 0 bridgehead atoms. The molecule has 1 aliphatic heterocycles. The quantitative estimate of drug-likeness (QED) is 0.749. The van der Waals surface area contributed by atoms with Crippen molar-refractivity contribution >= 4 is 24.1 Å². The first-order valence-corrected chi connectivity index (χ1v) is 6.16. The molecule has 1 aliphatic rings. The van der Waals surface area contributed by atoms with Crippen LogP contribution in [0.4, 0.5) is 0 Å². The largest absolute Gasteiger partial charge is 0.341 e. The number of carbonyl (C=O) groups excluding carboxylic acids is 1. The van der Waals surface area contributed by atoms with Crippen LogP contribution in [0.2, 0.25) is 0 Å². The van der Waals surface area contributed by atoms with Gasteiger partial charge in [0, 0.05) is 25.6 Å². The molecule has 1 unspecified atom stereocenters. The Labute approximate surface area is 99.7 Å². The minimum absolute atomic E-state index is 0.0429. The Morgan fingerprint density at radius 1 is 1.50 bits per heavy atom. The summed E-state index contributed by atoms with van der Waals surface area (Å²) < 4.78 is 4.02. The summed E-state index contributed by atoms with van der Waals surface area (Å²) in [6, 6.07) is 10.0. The topological polar surface area (TPSA) is 32.7 Å². The van der Waals surface area contributed by atoms with Crippen molar-refractivity contribution in [3.05, 3.63) is 35.9 Å². The highest BCUT2D eigenvalue weighted by molar-refractivity contribution is 7.98. The van der Waals surface area contributed by atoms with E-state index < -0.39 is 0 Å². The molecule has 1 heterocycles. The zero-order chi connectivity index (χ0) is 11.4. The van der Waals surface area contributed by atoms with E-state index in [0.29, 0.717) is 6.54 Å². The van der Waals surface area contributed by atoms with E-state index in [2.05, 4.69) is 4.40 Å². The number of rotatable bonds is 3. The highest BCUT2D eigenvalue weighted by Crippen LogP contribution is 2.18. The van der Waals surface area contributed by atoms with Crippen LogP contribution in [0.25, 0.3) is 0 Å². The van der Waals surface area contributed by atoms with E-state index in [-0.39, 0.29) is 11.8 Å². The van der Waals surface area contributed by atoms with Crippen LogP contribution >= 0.6 is 11.9 Å². The molecule has 1 aromatic rings. The van der Waals surface area contributed by atoms with Gasteiger partial charge in [0.1, 0.15) is 0 Å². The normalized spacial score (nSPS) is 18.7. The Kier molecular flexibility index (Phi) is 3.62. The van der Waals surface area contributed by atoms with Crippen LogP contribution in [0.1, 0.15) is 5.56 Å². The zero-order valence-corrected chi connectivity index (χ0v) is 9.98. The number of nitrogens with zero attached hydrogens (tertiary/aromatic N) is 2. The van der Waals surface area contributed by atoms with E-state index in [4.69, 9.17) is 0 Å². The van der Waals surface area contributed by atoms with Crippen LogP contribution < -0.4 is 0 Å². The Morgan fingerprint density at radius 2 is 2.25 bits per heavy atom. The van der Waals surface area contributed by atoms with Crippen LogP contribution in [0, 0.1) is 5.92 Å². The predicted octanol–water partition coefficient (Wildman–Crippen LogP) is 1.99. The molecule has 0 fully saturated rings. The number of amides is 1. The van der Waals surface area contributed by atoms with Gasteiger partial charge in [-0.15, -0.1) is 0 Å². The summed E-state index contributed by atoms with van der Waals surface area (Å²) in [5.41, 5.74) is 1.15. The van der Waals surface area contributed by atoms with E-state index in [1.54, 1.807) is 11.1 Å². The maximum absolute atomic E-state index is 12.0. The highest BCUT2D eigenvalue weighted by Gasteiger charge is 2.23. The molecule has 16 heavy (non-hydrogen) atoms. The monoisotopic (exact) mass is 234 g/mol. The Morgan fingerprint density at radius 3 is 2.88 bits per heavy atom. The Hall–Kier alpha value is -1.29. The van der Waals surface area contributed by atoms with Crippen molar-refractivity contribution in [1.29, 1.82) is 0 Å². The van der Waals surface area contributed by atoms with Gasteiger partial charge in [-0.1, -0.05) is 30.3 Å². The summed E-state index contributed by atoms with van der Waals surface area (Å²) >= 11 is 1.46. The molecule has 0 N–H and O–H groups in total. The Balaban J connectivity index is 1.95. The number of hydrogen-bond acceptors (Lipinski definition) is 3. The molecular formula is C12H14N2OS. The van der Waals surface area contributed by atoms with Crippen LogP contribution in [-0.2, 0) is 11.3 Å². The van der Waals surface area contributed by atoms with Gasteiger partial charge in [0.15, 0.2) is 0 Å². The molecule has 2 rings (SSSR count). The predicted molar refractivity (Wildman–Crippen MR) is 67.4 cm³/mol. The molecule has 1 aromatic carbocycles. The summed E-state index contributed by atoms with van der Waals surface area (Å²) in [4.78, 5) is 13.7. The lowest BCUT2D eigenvalue weighted by atomic mass is 10.1. The maximum atomic E-state index is 12.0. The molecule has 0 aliphatic carbocycles. The van der Waals surface area contributed by atoms with Gasteiger partial charge in [-0.3, -0.25) is 4.79 Å². The van der Waals surface area contributed by atoms with E-state index in [9.17, 15) is 4.79 Å². The molecule has 0 aromatic heterocycles.